The minimum atomic E-state index is -3.72. The summed E-state index contributed by atoms with van der Waals surface area (Å²) in [5.41, 5.74) is 1.38. The molecule has 0 amide bonds. The van der Waals surface area contributed by atoms with Gasteiger partial charge in [0.2, 0.25) is 15.8 Å². The average molecular weight is 329 g/mol. The van der Waals surface area contributed by atoms with E-state index in [1.807, 2.05) is 0 Å². The number of primary sulfonamides is 1. The number of sulfonamides is 1. The van der Waals surface area contributed by atoms with Crippen molar-refractivity contribution in [2.75, 3.05) is 21.3 Å². The Hall–Kier alpha value is -1.77. The van der Waals surface area contributed by atoms with E-state index in [1.54, 1.807) is 17.5 Å². The van der Waals surface area contributed by atoms with Gasteiger partial charge in [-0.05, 0) is 23.8 Å². The standard InChI is InChI=1S/C13H15NO5S2/c1-17-10-5-4-9(12(18-2)13(10)19-3)8-6-11(20-7-8)21(14,15)16/h4-7H,1-3H3,(H2,14,15,16). The molecule has 0 saturated heterocycles. The van der Waals surface area contributed by atoms with Crippen LogP contribution < -0.4 is 19.3 Å². The second-order valence-corrected chi connectivity index (χ2v) is 6.78. The van der Waals surface area contributed by atoms with Gasteiger partial charge in [0.05, 0.1) is 21.3 Å². The van der Waals surface area contributed by atoms with Gasteiger partial charge in [-0.3, -0.25) is 0 Å². The van der Waals surface area contributed by atoms with E-state index in [4.69, 9.17) is 19.3 Å². The predicted octanol–water partition coefficient (Wildman–Crippen LogP) is 2.09. The van der Waals surface area contributed by atoms with Crippen LogP contribution in [0.2, 0.25) is 0 Å². The summed E-state index contributed by atoms with van der Waals surface area (Å²) in [5.74, 6) is 1.44. The molecule has 114 valence electrons. The normalized spacial score (nSPS) is 11.2. The van der Waals surface area contributed by atoms with Crippen molar-refractivity contribution in [1.82, 2.24) is 0 Å². The summed E-state index contributed by atoms with van der Waals surface area (Å²) in [6, 6.07) is 5.00. The number of ether oxygens (including phenoxy) is 3. The molecule has 0 aliphatic rings. The fraction of sp³-hybridized carbons (Fsp3) is 0.231. The third-order valence-electron chi connectivity index (χ3n) is 2.87. The van der Waals surface area contributed by atoms with Gasteiger partial charge in [-0.1, -0.05) is 0 Å². The van der Waals surface area contributed by atoms with Crippen molar-refractivity contribution in [3.63, 3.8) is 0 Å². The van der Waals surface area contributed by atoms with Gasteiger partial charge in [0.15, 0.2) is 11.5 Å². The van der Waals surface area contributed by atoms with Gasteiger partial charge in [0.1, 0.15) is 4.21 Å². The number of nitrogens with two attached hydrogens (primary N) is 1. The minimum Gasteiger partial charge on any atom is -0.493 e. The van der Waals surface area contributed by atoms with Crippen LogP contribution in [-0.4, -0.2) is 29.7 Å². The van der Waals surface area contributed by atoms with Crippen LogP contribution in [0.25, 0.3) is 11.1 Å². The van der Waals surface area contributed by atoms with Gasteiger partial charge in [-0.2, -0.15) is 0 Å². The van der Waals surface area contributed by atoms with Gasteiger partial charge in [0, 0.05) is 10.9 Å². The molecule has 1 aromatic heterocycles. The number of methoxy groups -OCH3 is 3. The van der Waals surface area contributed by atoms with E-state index in [-0.39, 0.29) is 4.21 Å². The zero-order valence-electron chi connectivity index (χ0n) is 11.7. The molecule has 0 bridgehead atoms. The fourth-order valence-electron chi connectivity index (χ4n) is 1.94. The summed E-state index contributed by atoms with van der Waals surface area (Å²) in [5, 5.41) is 6.83. The van der Waals surface area contributed by atoms with Crippen LogP contribution in [0.3, 0.4) is 0 Å². The molecule has 0 aliphatic carbocycles. The Kier molecular flexibility index (Phi) is 4.40. The van der Waals surface area contributed by atoms with Crippen molar-refractivity contribution >= 4 is 21.4 Å². The SMILES string of the molecule is COc1ccc(-c2csc(S(N)(=O)=O)c2)c(OC)c1OC. The first-order chi connectivity index (χ1) is 9.92. The summed E-state index contributed by atoms with van der Waals surface area (Å²) in [7, 11) is 0.827. The lowest BCUT2D eigenvalue weighted by atomic mass is 10.1. The first-order valence-corrected chi connectivity index (χ1v) is 8.25. The highest BCUT2D eigenvalue weighted by atomic mass is 32.2. The largest absolute Gasteiger partial charge is 0.493 e. The second-order valence-electron chi connectivity index (χ2n) is 4.08. The van der Waals surface area contributed by atoms with Gasteiger partial charge in [-0.25, -0.2) is 13.6 Å². The third kappa shape index (κ3) is 2.97. The number of benzene rings is 1. The molecule has 8 heteroatoms. The molecule has 0 saturated carbocycles. The number of hydrogen-bond acceptors (Lipinski definition) is 6. The third-order valence-corrected chi connectivity index (χ3v) is 5.26. The lowest BCUT2D eigenvalue weighted by Gasteiger charge is -2.15. The zero-order chi connectivity index (χ0) is 15.6. The van der Waals surface area contributed by atoms with Crippen LogP contribution in [0.5, 0.6) is 17.2 Å². The highest BCUT2D eigenvalue weighted by Gasteiger charge is 2.19. The lowest BCUT2D eigenvalue weighted by molar-refractivity contribution is 0.325. The van der Waals surface area contributed by atoms with E-state index in [1.165, 1.54) is 27.4 Å². The molecule has 1 heterocycles. The first kappa shape index (κ1) is 15.6. The lowest BCUT2D eigenvalue weighted by Crippen LogP contribution is -2.09. The molecule has 2 rings (SSSR count). The van der Waals surface area contributed by atoms with Gasteiger partial charge in [0.25, 0.3) is 0 Å². The van der Waals surface area contributed by atoms with Crippen molar-refractivity contribution in [2.45, 2.75) is 4.21 Å². The van der Waals surface area contributed by atoms with Crippen molar-refractivity contribution in [1.29, 1.82) is 0 Å². The zero-order valence-corrected chi connectivity index (χ0v) is 13.4. The smallest absolute Gasteiger partial charge is 0.247 e. The Morgan fingerprint density at radius 1 is 1.05 bits per heavy atom. The maximum atomic E-state index is 11.4. The van der Waals surface area contributed by atoms with Crippen LogP contribution >= 0.6 is 11.3 Å². The van der Waals surface area contributed by atoms with Crippen molar-refractivity contribution < 1.29 is 22.6 Å². The van der Waals surface area contributed by atoms with Crippen LogP contribution in [0, 0.1) is 0 Å². The summed E-state index contributed by atoms with van der Waals surface area (Å²) in [4.78, 5) is 0. The molecule has 2 aromatic rings. The predicted molar refractivity (Wildman–Crippen MR) is 80.8 cm³/mol. The molecule has 6 nitrogen and oxygen atoms in total. The summed E-state index contributed by atoms with van der Waals surface area (Å²) >= 11 is 1.05. The molecule has 2 N–H and O–H groups in total. The maximum Gasteiger partial charge on any atom is 0.247 e. The quantitative estimate of drug-likeness (QED) is 0.907. The van der Waals surface area contributed by atoms with Crippen LogP contribution in [0.1, 0.15) is 0 Å². The van der Waals surface area contributed by atoms with Gasteiger partial charge < -0.3 is 14.2 Å². The maximum absolute atomic E-state index is 11.4. The molecule has 0 radical (unpaired) electrons. The Morgan fingerprint density at radius 3 is 2.19 bits per heavy atom. The van der Waals surface area contributed by atoms with Crippen molar-refractivity contribution in [3.8, 4) is 28.4 Å². The summed E-state index contributed by atoms with van der Waals surface area (Å²) < 4.78 is 38.7. The summed E-state index contributed by atoms with van der Waals surface area (Å²) in [6.07, 6.45) is 0. The highest BCUT2D eigenvalue weighted by Crippen LogP contribution is 2.45. The Balaban J connectivity index is 2.61. The Labute approximate surface area is 127 Å². The molecular formula is C13H15NO5S2. The second kappa shape index (κ2) is 5.92. The van der Waals surface area contributed by atoms with E-state index in [0.717, 1.165) is 11.3 Å². The highest BCUT2D eigenvalue weighted by molar-refractivity contribution is 7.91. The van der Waals surface area contributed by atoms with Gasteiger partial charge in [-0.15, -0.1) is 11.3 Å². The van der Waals surface area contributed by atoms with E-state index in [0.29, 0.717) is 28.4 Å². The van der Waals surface area contributed by atoms with E-state index >= 15 is 0 Å². The topological polar surface area (TPSA) is 87.9 Å². The number of rotatable bonds is 5. The molecule has 1 aromatic carbocycles. The molecule has 0 fully saturated rings. The van der Waals surface area contributed by atoms with Crippen LogP contribution in [0.4, 0.5) is 0 Å². The monoisotopic (exact) mass is 329 g/mol. The number of hydrogen-bond donors (Lipinski definition) is 1. The molecular weight excluding hydrogens is 314 g/mol. The van der Waals surface area contributed by atoms with E-state index < -0.39 is 10.0 Å². The molecule has 0 aliphatic heterocycles. The molecule has 0 unspecified atom stereocenters. The molecule has 21 heavy (non-hydrogen) atoms. The van der Waals surface area contributed by atoms with E-state index in [2.05, 4.69) is 0 Å². The first-order valence-electron chi connectivity index (χ1n) is 5.83. The molecule has 0 spiro atoms. The molecule has 0 atom stereocenters. The van der Waals surface area contributed by atoms with Crippen LogP contribution in [0.15, 0.2) is 27.8 Å². The Morgan fingerprint density at radius 2 is 1.71 bits per heavy atom. The summed E-state index contributed by atoms with van der Waals surface area (Å²) in [6.45, 7) is 0. The average Bonchev–Trinajstić information content (AvgIpc) is 2.95. The fourth-order valence-corrected chi connectivity index (χ4v) is 3.54. The minimum absolute atomic E-state index is 0.0920. The van der Waals surface area contributed by atoms with Crippen molar-refractivity contribution in [2.24, 2.45) is 5.14 Å². The van der Waals surface area contributed by atoms with Gasteiger partial charge >= 0.3 is 0 Å². The van der Waals surface area contributed by atoms with Crippen molar-refractivity contribution in [3.05, 3.63) is 23.6 Å². The Bertz CT molecular complexity index is 752. The van der Waals surface area contributed by atoms with Crippen LogP contribution in [-0.2, 0) is 10.0 Å². The van der Waals surface area contributed by atoms with E-state index in [9.17, 15) is 8.42 Å². The number of thiophene rings is 1.